The number of hydrogen-bond acceptors (Lipinski definition) is 5. The molecule has 0 radical (unpaired) electrons. The van der Waals surface area contributed by atoms with Crippen molar-refractivity contribution >= 4 is 11.8 Å². The second-order valence-electron chi connectivity index (χ2n) is 7.72. The van der Waals surface area contributed by atoms with Gasteiger partial charge in [-0.2, -0.15) is 0 Å². The van der Waals surface area contributed by atoms with Crippen LogP contribution in [0.4, 0.5) is 0 Å². The van der Waals surface area contributed by atoms with Crippen LogP contribution in [0, 0.1) is 11.8 Å². The van der Waals surface area contributed by atoms with Crippen molar-refractivity contribution in [1.82, 2.24) is 15.6 Å². The standard InChI is InChI=1S/C22H25N3O4/c1-23-22(28)18-9-13(21(27)25-19-15-10-14(26)11-16(15)19)8-17(24-18)20(29-2)12-6-4-3-5-7-12/h3-9,14-16,19-20,26H,10-11H2,1-2H3,(H,23,28)(H,25,27)/t14-,15-,16+,19+,20-/m0/s1. The highest BCUT2D eigenvalue weighted by atomic mass is 16.5. The van der Waals surface area contributed by atoms with Gasteiger partial charge in [0.05, 0.1) is 11.8 Å². The van der Waals surface area contributed by atoms with Crippen LogP contribution in [-0.4, -0.2) is 48.2 Å². The number of aliphatic hydroxyl groups is 1. The SMILES string of the molecule is CNC(=O)c1cc(C(=O)N[C@H]2[C@@H]3C[C@@H](O)C[C@@H]32)cc([C@@H](OC)c2ccccc2)n1. The lowest BCUT2D eigenvalue weighted by molar-refractivity contribution is 0.0935. The molecule has 4 rings (SSSR count). The fraction of sp³-hybridized carbons (Fsp3) is 0.409. The molecule has 1 aromatic carbocycles. The zero-order valence-electron chi connectivity index (χ0n) is 16.5. The maximum absolute atomic E-state index is 12.9. The van der Waals surface area contributed by atoms with Crippen molar-refractivity contribution in [3.8, 4) is 0 Å². The molecule has 152 valence electrons. The molecular weight excluding hydrogens is 370 g/mol. The van der Waals surface area contributed by atoms with Gasteiger partial charge < -0.3 is 20.5 Å². The van der Waals surface area contributed by atoms with Gasteiger partial charge in [0, 0.05) is 25.8 Å². The Bertz CT molecular complexity index is 906. The van der Waals surface area contributed by atoms with Crippen LogP contribution >= 0.6 is 0 Å². The van der Waals surface area contributed by atoms with Crippen LogP contribution in [-0.2, 0) is 4.74 Å². The van der Waals surface area contributed by atoms with Crippen LogP contribution in [0.25, 0.3) is 0 Å². The quantitative estimate of drug-likeness (QED) is 0.691. The maximum atomic E-state index is 12.9. The highest BCUT2D eigenvalue weighted by Gasteiger charge is 2.56. The number of rotatable bonds is 6. The van der Waals surface area contributed by atoms with Crippen molar-refractivity contribution in [3.05, 3.63) is 65.0 Å². The fourth-order valence-electron chi connectivity index (χ4n) is 4.38. The number of carbonyl (C=O) groups is 2. The van der Waals surface area contributed by atoms with Gasteiger partial charge in [-0.3, -0.25) is 9.59 Å². The molecule has 7 nitrogen and oxygen atoms in total. The summed E-state index contributed by atoms with van der Waals surface area (Å²) in [6.45, 7) is 0. The van der Waals surface area contributed by atoms with Gasteiger partial charge in [0.2, 0.25) is 0 Å². The number of fused-ring (bicyclic) bond motifs is 1. The first kappa shape index (κ1) is 19.5. The molecule has 3 N–H and O–H groups in total. The van der Waals surface area contributed by atoms with E-state index in [9.17, 15) is 14.7 Å². The summed E-state index contributed by atoms with van der Waals surface area (Å²) in [5, 5.41) is 15.3. The lowest BCUT2D eigenvalue weighted by Gasteiger charge is -2.17. The molecule has 5 atom stereocenters. The molecule has 29 heavy (non-hydrogen) atoms. The number of amides is 2. The molecule has 1 heterocycles. The molecule has 2 aliphatic rings. The Labute approximate surface area is 169 Å². The zero-order valence-corrected chi connectivity index (χ0v) is 16.5. The van der Waals surface area contributed by atoms with Crippen molar-refractivity contribution in [1.29, 1.82) is 0 Å². The number of nitrogens with one attached hydrogen (secondary N) is 2. The summed E-state index contributed by atoms with van der Waals surface area (Å²) >= 11 is 0. The molecule has 0 aliphatic heterocycles. The summed E-state index contributed by atoms with van der Waals surface area (Å²) in [6, 6.07) is 12.8. The molecular formula is C22H25N3O4. The number of methoxy groups -OCH3 is 1. The summed E-state index contributed by atoms with van der Waals surface area (Å²) in [5.41, 5.74) is 1.92. The zero-order chi connectivity index (χ0) is 20.5. The van der Waals surface area contributed by atoms with Gasteiger partial charge in [0.1, 0.15) is 11.8 Å². The third kappa shape index (κ3) is 3.88. The summed E-state index contributed by atoms with van der Waals surface area (Å²) in [6.07, 6.45) is 0.725. The number of carbonyl (C=O) groups excluding carboxylic acids is 2. The van der Waals surface area contributed by atoms with E-state index in [2.05, 4.69) is 15.6 Å². The largest absolute Gasteiger partial charge is 0.393 e. The molecule has 0 bridgehead atoms. The van der Waals surface area contributed by atoms with Crippen LogP contribution in [0.2, 0.25) is 0 Å². The lowest BCUT2D eigenvalue weighted by Crippen LogP contribution is -2.31. The highest BCUT2D eigenvalue weighted by Crippen LogP contribution is 2.52. The number of ether oxygens (including phenoxy) is 1. The van der Waals surface area contributed by atoms with Gasteiger partial charge >= 0.3 is 0 Å². The van der Waals surface area contributed by atoms with Crippen LogP contribution in [0.3, 0.4) is 0 Å². The van der Waals surface area contributed by atoms with Crippen molar-refractivity contribution < 1.29 is 19.4 Å². The Balaban J connectivity index is 1.62. The van der Waals surface area contributed by atoms with E-state index in [4.69, 9.17) is 4.74 Å². The van der Waals surface area contributed by atoms with Crippen LogP contribution in [0.1, 0.15) is 51.0 Å². The topological polar surface area (TPSA) is 101 Å². The predicted octanol–water partition coefficient (Wildman–Crippen LogP) is 1.68. The number of benzene rings is 1. The van der Waals surface area contributed by atoms with Crippen molar-refractivity contribution in [3.63, 3.8) is 0 Å². The van der Waals surface area contributed by atoms with Crippen LogP contribution in [0.5, 0.6) is 0 Å². The molecule has 1 aromatic heterocycles. The minimum Gasteiger partial charge on any atom is -0.393 e. The van der Waals surface area contributed by atoms with Gasteiger partial charge in [-0.1, -0.05) is 30.3 Å². The molecule has 2 aliphatic carbocycles. The minimum absolute atomic E-state index is 0.0957. The minimum atomic E-state index is -0.497. The Morgan fingerprint density at radius 2 is 1.83 bits per heavy atom. The number of aliphatic hydroxyl groups excluding tert-OH is 1. The van der Waals surface area contributed by atoms with Gasteiger partial charge in [-0.25, -0.2) is 4.98 Å². The van der Waals surface area contributed by atoms with E-state index in [0.29, 0.717) is 23.1 Å². The molecule has 0 spiro atoms. The first-order valence-corrected chi connectivity index (χ1v) is 9.82. The fourth-order valence-corrected chi connectivity index (χ4v) is 4.38. The predicted molar refractivity (Wildman–Crippen MR) is 106 cm³/mol. The summed E-state index contributed by atoms with van der Waals surface area (Å²) < 4.78 is 5.64. The third-order valence-corrected chi connectivity index (χ3v) is 5.89. The molecule has 7 heteroatoms. The van der Waals surface area contributed by atoms with Crippen molar-refractivity contribution in [2.75, 3.05) is 14.2 Å². The normalized spacial score (nSPS) is 25.8. The molecule has 2 amide bonds. The average molecular weight is 395 g/mol. The van der Waals surface area contributed by atoms with E-state index in [0.717, 1.165) is 18.4 Å². The number of nitrogens with zero attached hydrogens (tertiary/aromatic N) is 1. The Hall–Kier alpha value is -2.77. The molecule has 2 aromatic rings. The Kier molecular flexibility index (Phi) is 5.34. The van der Waals surface area contributed by atoms with Gasteiger partial charge in [0.15, 0.2) is 0 Å². The Morgan fingerprint density at radius 1 is 1.14 bits per heavy atom. The van der Waals surface area contributed by atoms with Crippen molar-refractivity contribution in [2.45, 2.75) is 31.1 Å². The van der Waals surface area contributed by atoms with E-state index in [1.165, 1.54) is 13.1 Å². The van der Waals surface area contributed by atoms with E-state index in [-0.39, 0.29) is 29.7 Å². The van der Waals surface area contributed by atoms with E-state index in [1.807, 2.05) is 30.3 Å². The summed E-state index contributed by atoms with van der Waals surface area (Å²) in [5.74, 6) is 0.0975. The second kappa shape index (κ2) is 7.93. The monoisotopic (exact) mass is 395 g/mol. The third-order valence-electron chi connectivity index (χ3n) is 5.89. The summed E-state index contributed by atoms with van der Waals surface area (Å²) in [4.78, 5) is 29.6. The van der Waals surface area contributed by atoms with Gasteiger partial charge in [0.25, 0.3) is 11.8 Å². The smallest absolute Gasteiger partial charge is 0.269 e. The van der Waals surface area contributed by atoms with Crippen LogP contribution in [0.15, 0.2) is 42.5 Å². The number of hydrogen-bond donors (Lipinski definition) is 3. The van der Waals surface area contributed by atoms with E-state index < -0.39 is 6.10 Å². The van der Waals surface area contributed by atoms with E-state index in [1.54, 1.807) is 13.2 Å². The highest BCUT2D eigenvalue weighted by molar-refractivity contribution is 5.99. The molecule has 2 saturated carbocycles. The van der Waals surface area contributed by atoms with Gasteiger partial charge in [-0.15, -0.1) is 0 Å². The van der Waals surface area contributed by atoms with Crippen LogP contribution < -0.4 is 10.6 Å². The van der Waals surface area contributed by atoms with Crippen molar-refractivity contribution in [2.24, 2.45) is 11.8 Å². The number of aromatic nitrogens is 1. The maximum Gasteiger partial charge on any atom is 0.269 e. The van der Waals surface area contributed by atoms with E-state index >= 15 is 0 Å². The molecule has 0 saturated heterocycles. The second-order valence-corrected chi connectivity index (χ2v) is 7.72. The molecule has 2 fully saturated rings. The average Bonchev–Trinajstić information content (AvgIpc) is 3.18. The Morgan fingerprint density at radius 3 is 2.45 bits per heavy atom. The lowest BCUT2D eigenvalue weighted by atomic mass is 10.0. The summed E-state index contributed by atoms with van der Waals surface area (Å²) in [7, 11) is 3.10. The first-order valence-electron chi connectivity index (χ1n) is 9.82. The number of pyridine rings is 1. The first-order chi connectivity index (χ1) is 14.0. The van der Waals surface area contributed by atoms with Gasteiger partial charge in [-0.05, 0) is 42.4 Å². The molecule has 0 unspecified atom stereocenters.